The number of nitrogens with zero attached hydrogens (tertiary/aromatic N) is 2. The maximum atomic E-state index is 14.5. The Morgan fingerprint density at radius 1 is 1.06 bits per heavy atom. The molecule has 6 nitrogen and oxygen atoms in total. The molecule has 2 N–H and O–H groups in total. The van der Waals surface area contributed by atoms with Gasteiger partial charge in [-0.25, -0.2) is 14.4 Å². The van der Waals surface area contributed by atoms with Crippen LogP contribution in [0.2, 0.25) is 0 Å². The average molecular weight is 467 g/mol. The Morgan fingerprint density at radius 3 is 2.56 bits per heavy atom. The minimum Gasteiger partial charge on any atom is -0.326 e. The van der Waals surface area contributed by atoms with Crippen molar-refractivity contribution < 1.29 is 14.0 Å². The van der Waals surface area contributed by atoms with Gasteiger partial charge >= 0.3 is 0 Å². The third-order valence-corrected chi connectivity index (χ3v) is 6.45. The van der Waals surface area contributed by atoms with Crippen molar-refractivity contribution >= 4 is 45.3 Å². The van der Waals surface area contributed by atoms with Gasteiger partial charge in [-0.1, -0.05) is 30.3 Å². The molecule has 0 atom stereocenters. The molecule has 32 heavy (non-hydrogen) atoms. The Bertz CT molecular complexity index is 1280. The molecule has 9 heteroatoms. The van der Waals surface area contributed by atoms with E-state index >= 15 is 0 Å². The van der Waals surface area contributed by atoms with E-state index in [9.17, 15) is 14.0 Å². The second-order valence-corrected chi connectivity index (χ2v) is 8.99. The highest BCUT2D eigenvalue weighted by Crippen LogP contribution is 2.29. The standard InChI is InChI=1S/C23H19FN4O2S2/c1-13-21(32-20(25-13)10-15-6-4-3-5-7-15)22(30)28-23-27-19(12-31-23)17-9-8-16(11-18(17)24)26-14(2)29/h3-9,11-12H,10H2,1-2H3,(H,26,29)(H,27,28,30). The molecular formula is C23H19FN4O2S2. The topological polar surface area (TPSA) is 84.0 Å². The molecule has 0 saturated carbocycles. The van der Waals surface area contributed by atoms with Crippen LogP contribution in [0, 0.1) is 12.7 Å². The third-order valence-electron chi connectivity index (χ3n) is 4.54. The van der Waals surface area contributed by atoms with Gasteiger partial charge in [0.05, 0.1) is 16.4 Å². The highest BCUT2D eigenvalue weighted by Gasteiger charge is 2.18. The van der Waals surface area contributed by atoms with E-state index in [1.54, 1.807) is 24.4 Å². The zero-order valence-corrected chi connectivity index (χ0v) is 18.9. The number of anilines is 2. The molecule has 0 saturated heterocycles. The van der Waals surface area contributed by atoms with Gasteiger partial charge in [-0.3, -0.25) is 14.9 Å². The van der Waals surface area contributed by atoms with Gasteiger partial charge in [-0.15, -0.1) is 22.7 Å². The largest absolute Gasteiger partial charge is 0.326 e. The zero-order valence-electron chi connectivity index (χ0n) is 17.3. The number of halogens is 1. The van der Waals surface area contributed by atoms with Gasteiger partial charge in [0.15, 0.2) is 5.13 Å². The fraction of sp³-hybridized carbons (Fsp3) is 0.130. The number of aryl methyl sites for hydroxylation is 1. The summed E-state index contributed by atoms with van der Waals surface area (Å²) in [5.41, 5.74) is 2.85. The lowest BCUT2D eigenvalue weighted by Crippen LogP contribution is -2.11. The lowest BCUT2D eigenvalue weighted by molar-refractivity contribution is -0.114. The van der Waals surface area contributed by atoms with Crippen LogP contribution in [0.4, 0.5) is 15.2 Å². The van der Waals surface area contributed by atoms with Crippen LogP contribution in [0.5, 0.6) is 0 Å². The molecule has 0 spiro atoms. The summed E-state index contributed by atoms with van der Waals surface area (Å²) in [6.45, 7) is 3.16. The highest BCUT2D eigenvalue weighted by molar-refractivity contribution is 7.15. The predicted octanol–water partition coefficient (Wildman–Crippen LogP) is 5.52. The first kappa shape index (κ1) is 21.8. The first-order chi connectivity index (χ1) is 15.4. The predicted molar refractivity (Wildman–Crippen MR) is 126 cm³/mol. The Labute approximate surface area is 192 Å². The van der Waals surface area contributed by atoms with Gasteiger partial charge in [-0.05, 0) is 30.7 Å². The van der Waals surface area contributed by atoms with Gasteiger partial charge < -0.3 is 5.32 Å². The van der Waals surface area contributed by atoms with E-state index in [4.69, 9.17) is 0 Å². The molecule has 2 aromatic carbocycles. The number of amides is 2. The summed E-state index contributed by atoms with van der Waals surface area (Å²) in [6.07, 6.45) is 0.661. The Kier molecular flexibility index (Phi) is 6.38. The second kappa shape index (κ2) is 9.37. The summed E-state index contributed by atoms with van der Waals surface area (Å²) < 4.78 is 14.5. The molecule has 0 aliphatic carbocycles. The van der Waals surface area contributed by atoms with Gasteiger partial charge in [0, 0.05) is 30.0 Å². The van der Waals surface area contributed by atoms with E-state index in [0.29, 0.717) is 33.5 Å². The molecule has 162 valence electrons. The second-order valence-electron chi connectivity index (χ2n) is 7.05. The molecule has 2 amide bonds. The molecule has 2 aromatic heterocycles. The average Bonchev–Trinajstić information content (AvgIpc) is 3.34. The van der Waals surface area contributed by atoms with Crippen molar-refractivity contribution in [2.24, 2.45) is 0 Å². The summed E-state index contributed by atoms with van der Waals surface area (Å²) in [7, 11) is 0. The number of rotatable bonds is 6. The third kappa shape index (κ3) is 5.06. The van der Waals surface area contributed by atoms with Gasteiger partial charge in [0.1, 0.15) is 10.7 Å². The normalized spacial score (nSPS) is 10.7. The first-order valence-electron chi connectivity index (χ1n) is 9.73. The number of hydrogen-bond donors (Lipinski definition) is 2. The van der Waals surface area contributed by atoms with Gasteiger partial charge in [0.2, 0.25) is 5.91 Å². The number of aromatic nitrogens is 2. The quantitative estimate of drug-likeness (QED) is 0.392. The number of nitrogens with one attached hydrogen (secondary N) is 2. The smallest absolute Gasteiger partial charge is 0.269 e. The fourth-order valence-electron chi connectivity index (χ4n) is 3.12. The molecule has 0 aliphatic heterocycles. The van der Waals surface area contributed by atoms with E-state index in [1.165, 1.54) is 35.7 Å². The maximum Gasteiger partial charge on any atom is 0.269 e. The molecule has 4 rings (SSSR count). The van der Waals surface area contributed by atoms with Gasteiger partial charge in [-0.2, -0.15) is 0 Å². The summed E-state index contributed by atoms with van der Waals surface area (Å²) in [5.74, 6) is -1.08. The van der Waals surface area contributed by atoms with Crippen molar-refractivity contribution in [2.45, 2.75) is 20.3 Å². The zero-order chi connectivity index (χ0) is 22.7. The molecule has 0 fully saturated rings. The van der Waals surface area contributed by atoms with Crippen LogP contribution in [-0.4, -0.2) is 21.8 Å². The fourth-order valence-corrected chi connectivity index (χ4v) is 4.82. The number of thiazole rings is 2. The van der Waals surface area contributed by atoms with Crippen molar-refractivity contribution in [1.29, 1.82) is 0 Å². The van der Waals surface area contributed by atoms with Crippen LogP contribution in [0.1, 0.15) is 32.9 Å². The summed E-state index contributed by atoms with van der Waals surface area (Å²) >= 11 is 2.56. The number of carbonyl (C=O) groups is 2. The van der Waals surface area contributed by atoms with E-state index in [0.717, 1.165) is 10.6 Å². The van der Waals surface area contributed by atoms with Gasteiger partial charge in [0.25, 0.3) is 5.91 Å². The minimum atomic E-state index is -0.511. The molecule has 0 radical (unpaired) electrons. The molecule has 2 heterocycles. The van der Waals surface area contributed by atoms with Crippen LogP contribution in [0.25, 0.3) is 11.3 Å². The lowest BCUT2D eigenvalue weighted by atomic mass is 10.1. The summed E-state index contributed by atoms with van der Waals surface area (Å²) in [6, 6.07) is 14.3. The molecular weight excluding hydrogens is 447 g/mol. The van der Waals surface area contributed by atoms with E-state index < -0.39 is 5.82 Å². The van der Waals surface area contributed by atoms with Crippen LogP contribution < -0.4 is 10.6 Å². The number of hydrogen-bond acceptors (Lipinski definition) is 6. The van der Waals surface area contributed by atoms with Crippen molar-refractivity contribution in [3.63, 3.8) is 0 Å². The van der Waals surface area contributed by atoms with E-state index in [2.05, 4.69) is 20.6 Å². The van der Waals surface area contributed by atoms with Crippen molar-refractivity contribution in [2.75, 3.05) is 10.6 Å². The van der Waals surface area contributed by atoms with Crippen molar-refractivity contribution in [1.82, 2.24) is 9.97 Å². The Hall–Kier alpha value is -3.43. The van der Waals surface area contributed by atoms with Crippen LogP contribution >= 0.6 is 22.7 Å². The molecule has 0 unspecified atom stereocenters. The SMILES string of the molecule is CC(=O)Nc1ccc(-c2csc(NC(=O)c3sc(Cc4ccccc4)nc3C)n2)c(F)c1. The molecule has 4 aromatic rings. The Balaban J connectivity index is 1.47. The van der Waals surface area contributed by atoms with E-state index in [1.807, 2.05) is 30.3 Å². The first-order valence-corrected chi connectivity index (χ1v) is 11.4. The summed E-state index contributed by atoms with van der Waals surface area (Å²) in [5, 5.41) is 8.22. The van der Waals surface area contributed by atoms with Crippen LogP contribution in [0.15, 0.2) is 53.9 Å². The van der Waals surface area contributed by atoms with E-state index in [-0.39, 0.29) is 17.4 Å². The van der Waals surface area contributed by atoms with Crippen LogP contribution in [-0.2, 0) is 11.2 Å². The number of carbonyl (C=O) groups excluding carboxylic acids is 2. The highest BCUT2D eigenvalue weighted by atomic mass is 32.1. The minimum absolute atomic E-state index is 0.277. The van der Waals surface area contributed by atoms with Crippen molar-refractivity contribution in [3.8, 4) is 11.3 Å². The number of benzene rings is 2. The van der Waals surface area contributed by atoms with Crippen molar-refractivity contribution in [3.05, 3.63) is 80.9 Å². The maximum absolute atomic E-state index is 14.5. The summed E-state index contributed by atoms with van der Waals surface area (Å²) in [4.78, 5) is 33.3. The van der Waals surface area contributed by atoms with Crippen LogP contribution in [0.3, 0.4) is 0 Å². The monoisotopic (exact) mass is 466 g/mol. The molecule has 0 bridgehead atoms. The Morgan fingerprint density at radius 2 is 1.84 bits per heavy atom. The molecule has 0 aliphatic rings. The lowest BCUT2D eigenvalue weighted by Gasteiger charge is -2.05.